The first-order valence-corrected chi connectivity index (χ1v) is 7.00. The third-order valence-corrected chi connectivity index (χ3v) is 4.13. The maximum atomic E-state index is 5.76. The van der Waals surface area contributed by atoms with Gasteiger partial charge in [-0.3, -0.25) is 0 Å². The normalized spacial score (nSPS) is 37.1. The minimum Gasteiger partial charge on any atom is -0.381 e. The van der Waals surface area contributed by atoms with Crippen LogP contribution in [0.1, 0.15) is 58.8 Å². The highest BCUT2D eigenvalue weighted by Crippen LogP contribution is 2.49. The van der Waals surface area contributed by atoms with Crippen LogP contribution in [0.3, 0.4) is 0 Å². The molecule has 1 aliphatic carbocycles. The average Bonchev–Trinajstić information content (AvgIpc) is 2.94. The van der Waals surface area contributed by atoms with Crippen molar-refractivity contribution in [3.05, 3.63) is 0 Å². The first kappa shape index (κ1) is 12.4. The molecule has 1 aliphatic heterocycles. The molecule has 1 saturated carbocycles. The molecular weight excluding hydrogens is 200 g/mol. The van der Waals surface area contributed by atoms with E-state index in [-0.39, 0.29) is 5.60 Å². The summed E-state index contributed by atoms with van der Waals surface area (Å²) in [5, 5.41) is 0. The van der Waals surface area contributed by atoms with Crippen molar-refractivity contribution in [1.82, 2.24) is 0 Å². The Balaban J connectivity index is 1.48. The van der Waals surface area contributed by atoms with Gasteiger partial charge in [-0.05, 0) is 38.5 Å². The summed E-state index contributed by atoms with van der Waals surface area (Å²) >= 11 is 0. The van der Waals surface area contributed by atoms with E-state index in [4.69, 9.17) is 9.47 Å². The topological polar surface area (TPSA) is 21.8 Å². The summed E-state index contributed by atoms with van der Waals surface area (Å²) in [7, 11) is 0. The van der Waals surface area contributed by atoms with Crippen LogP contribution in [0, 0.1) is 5.92 Å². The molecule has 0 bridgehead atoms. The Hall–Kier alpha value is -0.0800. The van der Waals surface area contributed by atoms with E-state index in [1.807, 2.05) is 0 Å². The van der Waals surface area contributed by atoms with Crippen molar-refractivity contribution in [2.75, 3.05) is 13.2 Å². The van der Waals surface area contributed by atoms with Crippen LogP contribution < -0.4 is 0 Å². The number of fused-ring (bicyclic) bond motifs is 1. The van der Waals surface area contributed by atoms with Gasteiger partial charge in [0, 0.05) is 13.2 Å². The van der Waals surface area contributed by atoms with Crippen LogP contribution in [0.15, 0.2) is 0 Å². The third kappa shape index (κ3) is 3.21. The summed E-state index contributed by atoms with van der Waals surface area (Å²) in [4.78, 5) is 0. The molecule has 0 aromatic carbocycles. The highest BCUT2D eigenvalue weighted by molar-refractivity contribution is 5.03. The largest absolute Gasteiger partial charge is 0.381 e. The zero-order valence-electron chi connectivity index (χ0n) is 10.8. The number of rotatable bonds is 7. The molecule has 2 aliphatic rings. The van der Waals surface area contributed by atoms with Gasteiger partial charge in [-0.1, -0.05) is 26.2 Å². The van der Waals surface area contributed by atoms with E-state index >= 15 is 0 Å². The van der Waals surface area contributed by atoms with Gasteiger partial charge in [0.2, 0.25) is 0 Å². The summed E-state index contributed by atoms with van der Waals surface area (Å²) in [6.45, 7) is 6.41. The summed E-state index contributed by atoms with van der Waals surface area (Å²) in [6, 6.07) is 0. The zero-order valence-corrected chi connectivity index (χ0v) is 10.8. The molecule has 0 amide bonds. The number of unbranched alkanes of at least 4 members (excludes halogenated alkanes) is 3. The highest BCUT2D eigenvalue weighted by Gasteiger charge is 2.55. The lowest BCUT2D eigenvalue weighted by Crippen LogP contribution is -2.24. The maximum Gasteiger partial charge on any atom is 0.0920 e. The molecule has 3 atom stereocenters. The fourth-order valence-electron chi connectivity index (χ4n) is 2.75. The van der Waals surface area contributed by atoms with Crippen molar-refractivity contribution in [1.29, 1.82) is 0 Å². The van der Waals surface area contributed by atoms with Crippen molar-refractivity contribution < 1.29 is 9.47 Å². The van der Waals surface area contributed by atoms with Gasteiger partial charge >= 0.3 is 0 Å². The van der Waals surface area contributed by atoms with E-state index in [1.54, 1.807) is 0 Å². The molecule has 2 nitrogen and oxygen atoms in total. The molecule has 16 heavy (non-hydrogen) atoms. The van der Waals surface area contributed by atoms with Gasteiger partial charge in [-0.2, -0.15) is 0 Å². The maximum absolute atomic E-state index is 5.76. The van der Waals surface area contributed by atoms with Crippen LogP contribution in [0.2, 0.25) is 0 Å². The lowest BCUT2D eigenvalue weighted by Gasteiger charge is -2.22. The molecule has 1 saturated heterocycles. The Morgan fingerprint density at radius 2 is 2.19 bits per heavy atom. The van der Waals surface area contributed by atoms with Crippen molar-refractivity contribution in [2.45, 2.75) is 70.5 Å². The van der Waals surface area contributed by atoms with E-state index in [0.29, 0.717) is 6.10 Å². The summed E-state index contributed by atoms with van der Waals surface area (Å²) < 4.78 is 11.5. The molecule has 2 heteroatoms. The van der Waals surface area contributed by atoms with Gasteiger partial charge in [0.15, 0.2) is 0 Å². The second-order valence-corrected chi connectivity index (χ2v) is 5.70. The molecule has 94 valence electrons. The lowest BCUT2D eigenvalue weighted by molar-refractivity contribution is 0.0833. The first-order valence-electron chi connectivity index (χ1n) is 7.00. The number of epoxide rings is 1. The summed E-state index contributed by atoms with van der Waals surface area (Å²) in [5.74, 6) is 0.756. The number of hydrogen-bond acceptors (Lipinski definition) is 2. The lowest BCUT2D eigenvalue weighted by atomic mass is 9.83. The Kier molecular flexibility index (Phi) is 4.26. The fraction of sp³-hybridized carbons (Fsp3) is 1.00. The van der Waals surface area contributed by atoms with Gasteiger partial charge in [-0.15, -0.1) is 0 Å². The van der Waals surface area contributed by atoms with E-state index in [2.05, 4.69) is 13.8 Å². The standard InChI is InChI=1S/C14H26O2/c1-3-4-5-6-9-15-11-12-7-8-14(2)13(10-12)16-14/h12-13H,3-11H2,1-2H3. The van der Waals surface area contributed by atoms with Crippen LogP contribution in [0.5, 0.6) is 0 Å². The minimum absolute atomic E-state index is 0.262. The predicted octanol–water partition coefficient (Wildman–Crippen LogP) is 3.54. The Morgan fingerprint density at radius 3 is 2.94 bits per heavy atom. The van der Waals surface area contributed by atoms with E-state index in [1.165, 1.54) is 44.9 Å². The van der Waals surface area contributed by atoms with Crippen molar-refractivity contribution in [2.24, 2.45) is 5.92 Å². The molecule has 3 unspecified atom stereocenters. The summed E-state index contributed by atoms with van der Waals surface area (Å²) in [5.41, 5.74) is 0.262. The average molecular weight is 226 g/mol. The van der Waals surface area contributed by atoms with Gasteiger partial charge < -0.3 is 9.47 Å². The van der Waals surface area contributed by atoms with Gasteiger partial charge in [0.1, 0.15) is 0 Å². The molecular formula is C14H26O2. The molecule has 2 rings (SSSR count). The first-order chi connectivity index (χ1) is 7.74. The second-order valence-electron chi connectivity index (χ2n) is 5.70. The van der Waals surface area contributed by atoms with E-state index in [9.17, 15) is 0 Å². The van der Waals surface area contributed by atoms with E-state index < -0.39 is 0 Å². The monoisotopic (exact) mass is 226 g/mol. The van der Waals surface area contributed by atoms with Crippen LogP contribution in [-0.4, -0.2) is 24.9 Å². The van der Waals surface area contributed by atoms with Crippen molar-refractivity contribution in [3.63, 3.8) is 0 Å². The van der Waals surface area contributed by atoms with Crippen LogP contribution in [-0.2, 0) is 9.47 Å². The Labute approximate surface area is 99.7 Å². The minimum atomic E-state index is 0.262. The fourth-order valence-corrected chi connectivity index (χ4v) is 2.75. The molecule has 0 aromatic rings. The zero-order chi connectivity index (χ0) is 11.4. The van der Waals surface area contributed by atoms with Gasteiger partial charge in [0.05, 0.1) is 11.7 Å². The Morgan fingerprint density at radius 1 is 1.31 bits per heavy atom. The molecule has 0 radical (unpaired) electrons. The molecule has 1 heterocycles. The SMILES string of the molecule is CCCCCCOCC1CCC2(C)OC2C1. The van der Waals surface area contributed by atoms with Gasteiger partial charge in [0.25, 0.3) is 0 Å². The van der Waals surface area contributed by atoms with Crippen LogP contribution in [0.25, 0.3) is 0 Å². The number of ether oxygens (including phenoxy) is 2. The molecule has 2 fully saturated rings. The van der Waals surface area contributed by atoms with Crippen LogP contribution in [0.4, 0.5) is 0 Å². The van der Waals surface area contributed by atoms with Crippen LogP contribution >= 0.6 is 0 Å². The molecule has 0 aromatic heterocycles. The smallest absolute Gasteiger partial charge is 0.0920 e. The highest BCUT2D eigenvalue weighted by atomic mass is 16.6. The molecule has 0 N–H and O–H groups in total. The van der Waals surface area contributed by atoms with Crippen molar-refractivity contribution in [3.8, 4) is 0 Å². The van der Waals surface area contributed by atoms with Crippen molar-refractivity contribution >= 4 is 0 Å². The molecule has 0 spiro atoms. The predicted molar refractivity (Wildman–Crippen MR) is 65.6 cm³/mol. The summed E-state index contributed by atoms with van der Waals surface area (Å²) in [6.07, 6.45) is 9.52. The number of hydrogen-bond donors (Lipinski definition) is 0. The van der Waals surface area contributed by atoms with E-state index in [0.717, 1.165) is 19.1 Å². The Bertz CT molecular complexity index is 217. The quantitative estimate of drug-likeness (QED) is 0.489. The van der Waals surface area contributed by atoms with Gasteiger partial charge in [-0.25, -0.2) is 0 Å². The second kappa shape index (κ2) is 5.50. The third-order valence-electron chi connectivity index (χ3n) is 4.13.